The van der Waals surface area contributed by atoms with Crippen LogP contribution in [0.5, 0.6) is 5.75 Å². The maximum absolute atomic E-state index is 10.6. The molecular formula is C18H23NO2. The smallest absolute Gasteiger partial charge is 0.125 e. The molecule has 0 aliphatic rings. The molecule has 0 amide bonds. The van der Waals surface area contributed by atoms with Crippen LogP contribution in [0.3, 0.4) is 0 Å². The molecule has 2 aromatic rings. The molecule has 0 aliphatic heterocycles. The first kappa shape index (κ1) is 15.4. The number of anilines is 1. The number of hydrogen-bond acceptors (Lipinski definition) is 3. The molecular weight excluding hydrogens is 262 g/mol. The zero-order valence-electron chi connectivity index (χ0n) is 13.1. The summed E-state index contributed by atoms with van der Waals surface area (Å²) in [6.07, 6.45) is -0.606. The quantitative estimate of drug-likeness (QED) is 0.910. The highest BCUT2D eigenvalue weighted by Crippen LogP contribution is 2.31. The Balaban J connectivity index is 2.29. The minimum atomic E-state index is -0.684. The monoisotopic (exact) mass is 285 g/mol. The zero-order valence-corrected chi connectivity index (χ0v) is 13.1. The van der Waals surface area contributed by atoms with E-state index in [-0.39, 0.29) is 6.10 Å². The molecule has 1 atom stereocenters. The van der Waals surface area contributed by atoms with Crippen LogP contribution in [0.15, 0.2) is 48.5 Å². The van der Waals surface area contributed by atoms with E-state index in [9.17, 15) is 5.11 Å². The Morgan fingerprint density at radius 1 is 0.952 bits per heavy atom. The van der Waals surface area contributed by atoms with Gasteiger partial charge in [0.1, 0.15) is 11.9 Å². The summed E-state index contributed by atoms with van der Waals surface area (Å²) < 4.78 is 5.78. The van der Waals surface area contributed by atoms with E-state index < -0.39 is 6.10 Å². The van der Waals surface area contributed by atoms with Crippen LogP contribution in [0.1, 0.15) is 31.1 Å². The molecule has 1 unspecified atom stereocenters. The van der Waals surface area contributed by atoms with E-state index in [2.05, 4.69) is 0 Å². The van der Waals surface area contributed by atoms with Gasteiger partial charge in [-0.1, -0.05) is 30.3 Å². The molecule has 21 heavy (non-hydrogen) atoms. The molecule has 0 aromatic heterocycles. The summed E-state index contributed by atoms with van der Waals surface area (Å²) in [5.41, 5.74) is 2.77. The van der Waals surface area contributed by atoms with Gasteiger partial charge < -0.3 is 14.7 Å². The average molecular weight is 285 g/mol. The normalized spacial score (nSPS) is 12.3. The van der Waals surface area contributed by atoms with Crippen LogP contribution >= 0.6 is 0 Å². The lowest BCUT2D eigenvalue weighted by Gasteiger charge is -2.19. The summed E-state index contributed by atoms with van der Waals surface area (Å²) in [6.45, 7) is 3.96. The van der Waals surface area contributed by atoms with Crippen LogP contribution in [0.4, 0.5) is 5.69 Å². The third-order valence-electron chi connectivity index (χ3n) is 3.30. The fourth-order valence-electron chi connectivity index (χ4n) is 2.20. The highest BCUT2D eigenvalue weighted by Gasteiger charge is 2.16. The Kier molecular flexibility index (Phi) is 4.86. The van der Waals surface area contributed by atoms with Crippen molar-refractivity contribution in [2.45, 2.75) is 26.1 Å². The van der Waals surface area contributed by atoms with Crippen molar-refractivity contribution in [1.82, 2.24) is 0 Å². The van der Waals surface area contributed by atoms with Gasteiger partial charge in [0.25, 0.3) is 0 Å². The van der Waals surface area contributed by atoms with Crippen molar-refractivity contribution in [3.63, 3.8) is 0 Å². The predicted molar refractivity (Wildman–Crippen MR) is 87.0 cm³/mol. The first-order valence-corrected chi connectivity index (χ1v) is 7.20. The van der Waals surface area contributed by atoms with Crippen LogP contribution in [-0.2, 0) is 0 Å². The van der Waals surface area contributed by atoms with E-state index in [1.165, 1.54) is 0 Å². The molecule has 0 heterocycles. The van der Waals surface area contributed by atoms with Gasteiger partial charge in [-0.3, -0.25) is 0 Å². The van der Waals surface area contributed by atoms with Crippen LogP contribution < -0.4 is 9.64 Å². The second-order valence-electron chi connectivity index (χ2n) is 5.59. The lowest BCUT2D eigenvalue weighted by atomic mass is 10.0. The molecule has 1 N–H and O–H groups in total. The molecule has 0 spiro atoms. The van der Waals surface area contributed by atoms with Crippen molar-refractivity contribution >= 4 is 5.69 Å². The minimum Gasteiger partial charge on any atom is -0.491 e. The van der Waals surface area contributed by atoms with E-state index in [0.717, 1.165) is 22.6 Å². The number of rotatable bonds is 5. The molecule has 112 valence electrons. The third-order valence-corrected chi connectivity index (χ3v) is 3.30. The summed E-state index contributed by atoms with van der Waals surface area (Å²) in [6, 6.07) is 15.5. The Hall–Kier alpha value is -2.00. The summed E-state index contributed by atoms with van der Waals surface area (Å²) in [5, 5.41) is 10.6. The molecule has 0 fully saturated rings. The van der Waals surface area contributed by atoms with Crippen molar-refractivity contribution in [1.29, 1.82) is 0 Å². The number of aliphatic hydroxyl groups excluding tert-OH is 1. The first-order valence-electron chi connectivity index (χ1n) is 7.20. The van der Waals surface area contributed by atoms with E-state index >= 15 is 0 Å². The molecule has 0 saturated carbocycles. The van der Waals surface area contributed by atoms with Gasteiger partial charge >= 0.3 is 0 Å². The fourth-order valence-corrected chi connectivity index (χ4v) is 2.20. The molecule has 3 nitrogen and oxygen atoms in total. The zero-order chi connectivity index (χ0) is 15.4. The molecule has 3 heteroatoms. The summed E-state index contributed by atoms with van der Waals surface area (Å²) in [4.78, 5) is 2.03. The van der Waals surface area contributed by atoms with Gasteiger partial charge in [-0.2, -0.15) is 0 Å². The second-order valence-corrected chi connectivity index (χ2v) is 5.59. The molecule has 0 bridgehead atoms. The van der Waals surface area contributed by atoms with Gasteiger partial charge in [0.15, 0.2) is 0 Å². The van der Waals surface area contributed by atoms with E-state index in [4.69, 9.17) is 4.74 Å². The number of nitrogens with zero attached hydrogens (tertiary/aromatic N) is 1. The maximum atomic E-state index is 10.6. The highest BCUT2D eigenvalue weighted by atomic mass is 16.5. The van der Waals surface area contributed by atoms with Crippen molar-refractivity contribution < 1.29 is 9.84 Å². The molecule has 0 aliphatic carbocycles. The SMILES string of the molecule is CC(C)Oc1ccccc1C(O)c1ccc(N(C)C)cc1. The van der Waals surface area contributed by atoms with Gasteiger partial charge in [0, 0.05) is 25.3 Å². The van der Waals surface area contributed by atoms with Gasteiger partial charge in [0.05, 0.1) is 6.10 Å². The fraction of sp³-hybridized carbons (Fsp3) is 0.333. The average Bonchev–Trinajstić information content (AvgIpc) is 2.46. The lowest BCUT2D eigenvalue weighted by Crippen LogP contribution is -2.10. The summed E-state index contributed by atoms with van der Waals surface area (Å²) in [7, 11) is 3.99. The minimum absolute atomic E-state index is 0.0782. The van der Waals surface area contributed by atoms with Crippen LogP contribution in [-0.4, -0.2) is 25.3 Å². The number of benzene rings is 2. The Morgan fingerprint density at radius 3 is 2.14 bits per heavy atom. The summed E-state index contributed by atoms with van der Waals surface area (Å²) >= 11 is 0. The molecule has 0 saturated heterocycles. The van der Waals surface area contributed by atoms with Gasteiger partial charge in [-0.25, -0.2) is 0 Å². The van der Waals surface area contributed by atoms with Gasteiger partial charge in [0.2, 0.25) is 0 Å². The van der Waals surface area contributed by atoms with Crippen molar-refractivity contribution in [3.05, 3.63) is 59.7 Å². The van der Waals surface area contributed by atoms with Crippen LogP contribution in [0, 0.1) is 0 Å². The predicted octanol–water partition coefficient (Wildman–Crippen LogP) is 3.62. The maximum Gasteiger partial charge on any atom is 0.125 e. The Morgan fingerprint density at radius 2 is 1.57 bits per heavy atom. The second kappa shape index (κ2) is 6.64. The van der Waals surface area contributed by atoms with E-state index in [0.29, 0.717) is 0 Å². The number of aliphatic hydroxyl groups is 1. The number of ether oxygens (including phenoxy) is 1. The highest BCUT2D eigenvalue weighted by molar-refractivity contribution is 5.48. The van der Waals surface area contributed by atoms with Crippen LogP contribution in [0.2, 0.25) is 0 Å². The summed E-state index contributed by atoms with van der Waals surface area (Å²) in [5.74, 6) is 0.733. The molecule has 2 aromatic carbocycles. The van der Waals surface area contributed by atoms with Crippen LogP contribution in [0.25, 0.3) is 0 Å². The Labute approximate surface area is 126 Å². The van der Waals surface area contributed by atoms with Crippen molar-refractivity contribution in [2.24, 2.45) is 0 Å². The van der Waals surface area contributed by atoms with Crippen molar-refractivity contribution in [2.75, 3.05) is 19.0 Å². The standard InChI is InChI=1S/C18H23NO2/c1-13(2)21-17-8-6-5-7-16(17)18(20)14-9-11-15(12-10-14)19(3)4/h5-13,18,20H,1-4H3. The van der Waals surface area contributed by atoms with Crippen molar-refractivity contribution in [3.8, 4) is 5.75 Å². The van der Waals surface area contributed by atoms with Gasteiger partial charge in [-0.15, -0.1) is 0 Å². The molecule has 0 radical (unpaired) electrons. The number of para-hydroxylation sites is 1. The van der Waals surface area contributed by atoms with Gasteiger partial charge in [-0.05, 0) is 37.6 Å². The third kappa shape index (κ3) is 3.76. The lowest BCUT2D eigenvalue weighted by molar-refractivity contribution is 0.198. The Bertz CT molecular complexity index is 576. The number of hydrogen-bond donors (Lipinski definition) is 1. The topological polar surface area (TPSA) is 32.7 Å². The first-order chi connectivity index (χ1) is 9.99. The van der Waals surface area contributed by atoms with E-state index in [1.54, 1.807) is 0 Å². The molecule has 2 rings (SSSR count). The largest absolute Gasteiger partial charge is 0.491 e. The van der Waals surface area contributed by atoms with E-state index in [1.807, 2.05) is 81.4 Å².